The Labute approximate surface area is 254 Å². The molecule has 0 bridgehead atoms. The Bertz CT molecular complexity index is 1430. The number of amides is 3. The summed E-state index contributed by atoms with van der Waals surface area (Å²) in [5.74, 6) is -3.37. The number of carboxylic acids is 1. The number of nitrogens with two attached hydrogens (primary N) is 3. The summed E-state index contributed by atoms with van der Waals surface area (Å²) in [6, 6.07) is 3.06. The van der Waals surface area contributed by atoms with Gasteiger partial charge >= 0.3 is 5.97 Å². The largest absolute Gasteiger partial charge is 0.480 e. The lowest BCUT2D eigenvalue weighted by atomic mass is 9.98. The van der Waals surface area contributed by atoms with Crippen LogP contribution in [0.25, 0.3) is 10.9 Å². The van der Waals surface area contributed by atoms with E-state index in [1.54, 1.807) is 6.20 Å². The van der Waals surface area contributed by atoms with Crippen LogP contribution in [0.3, 0.4) is 0 Å². The molecule has 0 radical (unpaired) electrons. The first-order chi connectivity index (χ1) is 21.0. The maximum Gasteiger partial charge on any atom is 0.326 e. The van der Waals surface area contributed by atoms with E-state index in [2.05, 4.69) is 35.9 Å². The van der Waals surface area contributed by atoms with Crippen molar-refractivity contribution in [3.05, 3.63) is 54.2 Å². The average molecular weight is 611 g/mol. The molecule has 15 nitrogen and oxygen atoms in total. The zero-order valence-electron chi connectivity index (χ0n) is 24.9. The van der Waals surface area contributed by atoms with Gasteiger partial charge in [0, 0.05) is 48.4 Å². The minimum atomic E-state index is -1.26. The fraction of sp³-hybridized carbons (Fsp3) is 0.448. The second kappa shape index (κ2) is 16.1. The molecule has 3 rings (SSSR count). The molecule has 5 unspecified atom stereocenters. The maximum absolute atomic E-state index is 13.7. The van der Waals surface area contributed by atoms with Gasteiger partial charge in [-0.25, -0.2) is 9.78 Å². The highest BCUT2D eigenvalue weighted by molar-refractivity contribution is 5.95. The summed E-state index contributed by atoms with van der Waals surface area (Å²) >= 11 is 0. The van der Waals surface area contributed by atoms with Gasteiger partial charge in [0.2, 0.25) is 17.7 Å². The lowest BCUT2D eigenvalue weighted by Crippen LogP contribution is -2.58. The SMILES string of the molecule is CCC(C)C(N)C(=O)NC(Cc1cnc[nH]1)C(=O)NC(Cc1c[nH]c2ccccc12)C(=O)NC(CCCN=C(N)N)C(=O)O. The van der Waals surface area contributed by atoms with Crippen LogP contribution in [0.5, 0.6) is 0 Å². The van der Waals surface area contributed by atoms with Crippen LogP contribution >= 0.6 is 0 Å². The molecular formula is C29H42N10O5. The Hall–Kier alpha value is -4.92. The minimum absolute atomic E-state index is 0.0407. The number of aliphatic imine (C=N–C) groups is 1. The monoisotopic (exact) mass is 610 g/mol. The van der Waals surface area contributed by atoms with E-state index in [4.69, 9.17) is 17.2 Å². The number of H-pyrrole nitrogens is 2. The number of nitrogens with one attached hydrogen (secondary N) is 5. The van der Waals surface area contributed by atoms with Crippen molar-refractivity contribution in [2.75, 3.05) is 6.54 Å². The lowest BCUT2D eigenvalue weighted by molar-refractivity contribution is -0.142. The first-order valence-corrected chi connectivity index (χ1v) is 14.5. The molecule has 0 aliphatic rings. The number of aliphatic carboxylic acids is 1. The number of carbonyl (C=O) groups is 4. The molecule has 0 saturated carbocycles. The highest BCUT2D eigenvalue weighted by Gasteiger charge is 2.32. The number of benzene rings is 1. The third kappa shape index (κ3) is 9.55. The number of fused-ring (bicyclic) bond motifs is 1. The van der Waals surface area contributed by atoms with Crippen molar-refractivity contribution in [3.8, 4) is 0 Å². The summed E-state index contributed by atoms with van der Waals surface area (Å²) in [4.78, 5) is 66.2. The van der Waals surface area contributed by atoms with Crippen molar-refractivity contribution in [1.82, 2.24) is 30.9 Å². The molecule has 0 fully saturated rings. The number of rotatable bonds is 17. The van der Waals surface area contributed by atoms with Gasteiger partial charge in [0.15, 0.2) is 5.96 Å². The number of imidazole rings is 1. The third-order valence-electron chi connectivity index (χ3n) is 7.46. The van der Waals surface area contributed by atoms with Crippen LogP contribution in [0.4, 0.5) is 0 Å². The zero-order valence-corrected chi connectivity index (χ0v) is 24.9. The predicted octanol–water partition coefficient (Wildman–Crippen LogP) is -0.358. The van der Waals surface area contributed by atoms with Crippen molar-refractivity contribution >= 4 is 40.6 Å². The third-order valence-corrected chi connectivity index (χ3v) is 7.46. The minimum Gasteiger partial charge on any atom is -0.480 e. The van der Waals surface area contributed by atoms with Gasteiger partial charge in [-0.2, -0.15) is 0 Å². The normalized spacial score (nSPS) is 14.5. The van der Waals surface area contributed by atoms with Crippen molar-refractivity contribution in [3.63, 3.8) is 0 Å². The number of nitrogens with zero attached hydrogens (tertiary/aromatic N) is 2. The van der Waals surface area contributed by atoms with Gasteiger partial charge in [0.05, 0.1) is 12.4 Å². The molecule has 3 aromatic rings. The highest BCUT2D eigenvalue weighted by Crippen LogP contribution is 2.19. The maximum atomic E-state index is 13.7. The van der Waals surface area contributed by atoms with Crippen LogP contribution in [0.2, 0.25) is 0 Å². The van der Waals surface area contributed by atoms with Gasteiger partial charge in [0.1, 0.15) is 18.1 Å². The number of aromatic nitrogens is 3. The van der Waals surface area contributed by atoms with E-state index in [9.17, 15) is 24.3 Å². The van der Waals surface area contributed by atoms with Crippen LogP contribution in [-0.4, -0.2) is 80.4 Å². The molecule has 0 saturated heterocycles. The van der Waals surface area contributed by atoms with Gasteiger partial charge in [0.25, 0.3) is 0 Å². The number of carboxylic acid groups (broad SMARTS) is 1. The van der Waals surface area contributed by atoms with Gasteiger partial charge < -0.3 is 48.2 Å². The first kappa shape index (κ1) is 33.6. The van der Waals surface area contributed by atoms with Crippen molar-refractivity contribution in [2.45, 2.75) is 70.1 Å². The van der Waals surface area contributed by atoms with Crippen LogP contribution < -0.4 is 33.2 Å². The molecule has 2 aromatic heterocycles. The second-order valence-corrected chi connectivity index (χ2v) is 10.7. The Morgan fingerprint density at radius 1 is 0.977 bits per heavy atom. The summed E-state index contributed by atoms with van der Waals surface area (Å²) in [6.45, 7) is 3.93. The van der Waals surface area contributed by atoms with Crippen molar-refractivity contribution in [2.24, 2.45) is 28.1 Å². The molecule has 0 aliphatic heterocycles. The predicted molar refractivity (Wildman–Crippen MR) is 165 cm³/mol. The van der Waals surface area contributed by atoms with Gasteiger partial charge in [-0.05, 0) is 30.4 Å². The Morgan fingerprint density at radius 2 is 1.64 bits per heavy atom. The number of para-hydroxylation sites is 1. The van der Waals surface area contributed by atoms with Crippen LogP contribution in [0.15, 0.2) is 48.0 Å². The fourth-order valence-corrected chi connectivity index (χ4v) is 4.64. The molecule has 1 aromatic carbocycles. The number of guanidine groups is 1. The van der Waals surface area contributed by atoms with Crippen molar-refractivity contribution < 1.29 is 24.3 Å². The average Bonchev–Trinajstić information content (AvgIpc) is 3.66. The van der Waals surface area contributed by atoms with Crippen LogP contribution in [-0.2, 0) is 32.0 Å². The topological polar surface area (TPSA) is 259 Å². The first-order valence-electron chi connectivity index (χ1n) is 14.5. The molecule has 15 heteroatoms. The van der Waals surface area contributed by atoms with E-state index in [1.165, 1.54) is 12.5 Å². The van der Waals surface area contributed by atoms with E-state index in [0.717, 1.165) is 16.5 Å². The Morgan fingerprint density at radius 3 is 2.27 bits per heavy atom. The lowest BCUT2D eigenvalue weighted by Gasteiger charge is -2.26. The quantitative estimate of drug-likeness (QED) is 0.0548. The number of aromatic amines is 2. The van der Waals surface area contributed by atoms with Gasteiger partial charge in [-0.1, -0.05) is 38.5 Å². The molecule has 0 aliphatic carbocycles. The van der Waals surface area contributed by atoms with E-state index >= 15 is 0 Å². The number of carbonyl (C=O) groups excluding carboxylic acids is 3. The van der Waals surface area contributed by atoms with Crippen LogP contribution in [0, 0.1) is 5.92 Å². The van der Waals surface area contributed by atoms with E-state index in [-0.39, 0.29) is 37.7 Å². The molecule has 12 N–H and O–H groups in total. The second-order valence-electron chi connectivity index (χ2n) is 10.7. The molecule has 3 amide bonds. The number of hydrogen-bond donors (Lipinski definition) is 9. The van der Waals surface area contributed by atoms with E-state index in [0.29, 0.717) is 18.5 Å². The van der Waals surface area contributed by atoms with Crippen molar-refractivity contribution in [1.29, 1.82) is 0 Å². The Balaban J connectivity index is 1.86. The molecule has 0 spiro atoms. The molecule has 5 atom stereocenters. The van der Waals surface area contributed by atoms with Crippen LogP contribution in [0.1, 0.15) is 44.4 Å². The molecule has 2 heterocycles. The molecule has 238 valence electrons. The Kier molecular flexibility index (Phi) is 12.3. The summed E-state index contributed by atoms with van der Waals surface area (Å²) in [6.07, 6.45) is 5.81. The fourth-order valence-electron chi connectivity index (χ4n) is 4.64. The molecular weight excluding hydrogens is 568 g/mol. The zero-order chi connectivity index (χ0) is 32.2. The van der Waals surface area contributed by atoms with E-state index < -0.39 is 47.9 Å². The summed E-state index contributed by atoms with van der Waals surface area (Å²) in [7, 11) is 0. The van der Waals surface area contributed by atoms with E-state index in [1.807, 2.05) is 38.1 Å². The summed E-state index contributed by atoms with van der Waals surface area (Å²) in [5, 5.41) is 18.6. The highest BCUT2D eigenvalue weighted by atomic mass is 16.4. The summed E-state index contributed by atoms with van der Waals surface area (Å²) in [5.41, 5.74) is 18.9. The number of hydrogen-bond acceptors (Lipinski definition) is 7. The standard InChI is InChI=1S/C29H42N10O5/c1-3-16(2)24(30)27(42)39-23(12-18-14-33-15-36-18)26(41)38-22(11-17-13-35-20-8-5-4-7-19(17)20)25(40)37-21(28(43)44)9-6-10-34-29(31)32/h4-5,7-8,13-16,21-24,35H,3,6,9-12,30H2,1-2H3,(H,33,36)(H,37,40)(H,38,41)(H,39,42)(H,43,44)(H4,31,32,34). The smallest absolute Gasteiger partial charge is 0.326 e. The van der Waals surface area contributed by atoms with Gasteiger partial charge in [-0.15, -0.1) is 0 Å². The summed E-state index contributed by atoms with van der Waals surface area (Å²) < 4.78 is 0. The van der Waals surface area contributed by atoms with Gasteiger partial charge in [-0.3, -0.25) is 19.4 Å². The molecule has 44 heavy (non-hydrogen) atoms.